The van der Waals surface area contributed by atoms with Crippen LogP contribution in [0.5, 0.6) is 5.75 Å². The van der Waals surface area contributed by atoms with Crippen molar-refractivity contribution in [2.24, 2.45) is 0 Å². The summed E-state index contributed by atoms with van der Waals surface area (Å²) in [4.78, 5) is 2.42. The summed E-state index contributed by atoms with van der Waals surface area (Å²) in [5.41, 5.74) is 2.46. The Morgan fingerprint density at radius 2 is 1.75 bits per heavy atom. The maximum Gasteiger partial charge on any atom is 0.123 e. The van der Waals surface area contributed by atoms with Crippen LogP contribution >= 0.6 is 0 Å². The van der Waals surface area contributed by atoms with E-state index in [-0.39, 0.29) is 0 Å². The number of methoxy groups -OCH3 is 1. The van der Waals surface area contributed by atoms with Gasteiger partial charge in [-0.15, -0.1) is 0 Å². The van der Waals surface area contributed by atoms with E-state index in [9.17, 15) is 0 Å². The predicted molar refractivity (Wildman–Crippen MR) is 70.5 cm³/mol. The van der Waals surface area contributed by atoms with Crippen LogP contribution in [0, 0.1) is 6.92 Å². The van der Waals surface area contributed by atoms with Crippen LogP contribution in [0.3, 0.4) is 0 Å². The van der Waals surface area contributed by atoms with E-state index in [1.807, 2.05) is 0 Å². The number of rotatable bonds is 6. The van der Waals surface area contributed by atoms with Crippen molar-refractivity contribution in [2.45, 2.75) is 33.6 Å². The second-order valence-electron chi connectivity index (χ2n) is 4.14. The van der Waals surface area contributed by atoms with Crippen LogP contribution in [0.4, 0.5) is 5.69 Å². The second kappa shape index (κ2) is 6.41. The lowest BCUT2D eigenvalue weighted by atomic mass is 10.2. The SMILES string of the molecule is CCCN(CCC)c1ccc(C)c(OC)c1. The van der Waals surface area contributed by atoms with Crippen LogP contribution in [0.15, 0.2) is 18.2 Å². The number of aryl methyl sites for hydroxylation is 1. The van der Waals surface area contributed by atoms with Gasteiger partial charge in [0.25, 0.3) is 0 Å². The molecule has 0 saturated carbocycles. The van der Waals surface area contributed by atoms with Gasteiger partial charge >= 0.3 is 0 Å². The van der Waals surface area contributed by atoms with E-state index >= 15 is 0 Å². The molecule has 0 atom stereocenters. The molecule has 1 aromatic rings. The Balaban J connectivity index is 2.90. The fraction of sp³-hybridized carbons (Fsp3) is 0.571. The lowest BCUT2D eigenvalue weighted by molar-refractivity contribution is 0.411. The third-order valence-corrected chi connectivity index (χ3v) is 2.74. The van der Waals surface area contributed by atoms with Crippen molar-refractivity contribution in [1.82, 2.24) is 0 Å². The molecule has 0 aliphatic rings. The average Bonchev–Trinajstić information content (AvgIpc) is 2.29. The molecule has 0 radical (unpaired) electrons. The van der Waals surface area contributed by atoms with Crippen molar-refractivity contribution in [1.29, 1.82) is 0 Å². The van der Waals surface area contributed by atoms with Gasteiger partial charge in [0.15, 0.2) is 0 Å². The molecular weight excluding hydrogens is 198 g/mol. The highest BCUT2D eigenvalue weighted by Crippen LogP contribution is 2.25. The lowest BCUT2D eigenvalue weighted by Gasteiger charge is -2.24. The van der Waals surface area contributed by atoms with Crippen LogP contribution in [-0.2, 0) is 0 Å². The monoisotopic (exact) mass is 221 g/mol. The molecule has 0 N–H and O–H groups in total. The quantitative estimate of drug-likeness (QED) is 0.727. The van der Waals surface area contributed by atoms with Crippen LogP contribution < -0.4 is 9.64 Å². The topological polar surface area (TPSA) is 12.5 Å². The average molecular weight is 221 g/mol. The minimum atomic E-state index is 0.981. The van der Waals surface area contributed by atoms with Gasteiger partial charge < -0.3 is 9.64 Å². The Morgan fingerprint density at radius 1 is 1.12 bits per heavy atom. The molecule has 0 amide bonds. The Morgan fingerprint density at radius 3 is 2.25 bits per heavy atom. The van der Waals surface area contributed by atoms with Gasteiger partial charge in [-0.2, -0.15) is 0 Å². The van der Waals surface area contributed by atoms with E-state index < -0.39 is 0 Å². The van der Waals surface area contributed by atoms with Gasteiger partial charge in [0, 0.05) is 24.8 Å². The number of ether oxygens (including phenoxy) is 1. The lowest BCUT2D eigenvalue weighted by Crippen LogP contribution is -2.24. The van der Waals surface area contributed by atoms with Crippen LogP contribution in [-0.4, -0.2) is 20.2 Å². The molecule has 0 aromatic heterocycles. The molecule has 0 aliphatic carbocycles. The van der Waals surface area contributed by atoms with E-state index in [1.165, 1.54) is 24.1 Å². The minimum Gasteiger partial charge on any atom is -0.496 e. The normalized spacial score (nSPS) is 10.2. The van der Waals surface area contributed by atoms with Gasteiger partial charge in [0.2, 0.25) is 0 Å². The van der Waals surface area contributed by atoms with E-state index in [0.717, 1.165) is 18.8 Å². The first kappa shape index (κ1) is 12.9. The molecule has 0 unspecified atom stereocenters. The first-order valence-electron chi connectivity index (χ1n) is 6.12. The zero-order chi connectivity index (χ0) is 12.0. The largest absolute Gasteiger partial charge is 0.496 e. The summed E-state index contributed by atoms with van der Waals surface area (Å²) in [6.45, 7) is 8.73. The summed E-state index contributed by atoms with van der Waals surface area (Å²) in [6.07, 6.45) is 2.35. The maximum atomic E-state index is 5.37. The molecule has 0 spiro atoms. The zero-order valence-electron chi connectivity index (χ0n) is 10.9. The van der Waals surface area contributed by atoms with E-state index in [4.69, 9.17) is 4.74 Å². The first-order chi connectivity index (χ1) is 7.72. The molecule has 16 heavy (non-hydrogen) atoms. The number of nitrogens with zero attached hydrogens (tertiary/aromatic N) is 1. The molecule has 90 valence electrons. The molecule has 0 heterocycles. The third-order valence-electron chi connectivity index (χ3n) is 2.74. The summed E-state index contributed by atoms with van der Waals surface area (Å²) in [5.74, 6) is 0.981. The van der Waals surface area contributed by atoms with Crippen molar-refractivity contribution in [3.05, 3.63) is 23.8 Å². The molecule has 0 aliphatic heterocycles. The standard InChI is InChI=1S/C14H23NO/c1-5-9-15(10-6-2)13-8-7-12(3)14(11-13)16-4/h7-8,11H,5-6,9-10H2,1-4H3. The van der Waals surface area contributed by atoms with Crippen molar-refractivity contribution in [3.63, 3.8) is 0 Å². The molecule has 0 fully saturated rings. The Hall–Kier alpha value is -1.18. The summed E-state index contributed by atoms with van der Waals surface area (Å²) in [7, 11) is 1.73. The van der Waals surface area contributed by atoms with Crippen molar-refractivity contribution < 1.29 is 4.74 Å². The molecule has 2 heteroatoms. The second-order valence-corrected chi connectivity index (χ2v) is 4.14. The molecule has 1 aromatic carbocycles. The minimum absolute atomic E-state index is 0.981. The van der Waals surface area contributed by atoms with Crippen LogP contribution in [0.2, 0.25) is 0 Å². The highest BCUT2D eigenvalue weighted by molar-refractivity contribution is 5.53. The number of hydrogen-bond acceptors (Lipinski definition) is 2. The first-order valence-corrected chi connectivity index (χ1v) is 6.12. The molecule has 1 rings (SSSR count). The molecular formula is C14H23NO. The van der Waals surface area contributed by atoms with Gasteiger partial charge in [0.1, 0.15) is 5.75 Å². The summed E-state index contributed by atoms with van der Waals surface area (Å²) in [6, 6.07) is 6.45. The smallest absolute Gasteiger partial charge is 0.123 e. The van der Waals surface area contributed by atoms with E-state index in [1.54, 1.807) is 7.11 Å². The summed E-state index contributed by atoms with van der Waals surface area (Å²) >= 11 is 0. The zero-order valence-corrected chi connectivity index (χ0v) is 10.9. The molecule has 0 bridgehead atoms. The fourth-order valence-electron chi connectivity index (χ4n) is 1.92. The molecule has 2 nitrogen and oxygen atoms in total. The maximum absolute atomic E-state index is 5.37. The van der Waals surface area contributed by atoms with Gasteiger partial charge in [-0.25, -0.2) is 0 Å². The Bertz CT molecular complexity index is 317. The Kier molecular flexibility index (Phi) is 5.17. The fourth-order valence-corrected chi connectivity index (χ4v) is 1.92. The summed E-state index contributed by atoms with van der Waals surface area (Å²) < 4.78 is 5.37. The van der Waals surface area contributed by atoms with Gasteiger partial charge in [0.05, 0.1) is 7.11 Å². The van der Waals surface area contributed by atoms with Gasteiger partial charge in [-0.05, 0) is 31.4 Å². The number of anilines is 1. The van der Waals surface area contributed by atoms with Crippen molar-refractivity contribution in [2.75, 3.05) is 25.1 Å². The van der Waals surface area contributed by atoms with E-state index in [2.05, 4.69) is 43.9 Å². The third kappa shape index (κ3) is 3.16. The number of hydrogen-bond donors (Lipinski definition) is 0. The number of benzene rings is 1. The predicted octanol–water partition coefficient (Wildman–Crippen LogP) is 3.63. The van der Waals surface area contributed by atoms with Crippen LogP contribution in [0.25, 0.3) is 0 Å². The van der Waals surface area contributed by atoms with E-state index in [0.29, 0.717) is 0 Å². The van der Waals surface area contributed by atoms with Gasteiger partial charge in [-0.1, -0.05) is 19.9 Å². The summed E-state index contributed by atoms with van der Waals surface area (Å²) in [5, 5.41) is 0. The van der Waals surface area contributed by atoms with Crippen molar-refractivity contribution >= 4 is 5.69 Å². The van der Waals surface area contributed by atoms with Crippen molar-refractivity contribution in [3.8, 4) is 5.75 Å². The highest BCUT2D eigenvalue weighted by atomic mass is 16.5. The Labute approximate surface area is 99.2 Å². The van der Waals surface area contributed by atoms with Crippen LogP contribution in [0.1, 0.15) is 32.3 Å². The highest BCUT2D eigenvalue weighted by Gasteiger charge is 2.06. The molecule has 0 saturated heterocycles. The van der Waals surface area contributed by atoms with Gasteiger partial charge in [-0.3, -0.25) is 0 Å².